The molecule has 44 heavy (non-hydrogen) atoms. The number of nitrogens with zero attached hydrogens (tertiary/aromatic N) is 4. The number of halogens is 1. The van der Waals surface area contributed by atoms with Crippen molar-refractivity contribution in [3.05, 3.63) is 163 Å². The first kappa shape index (κ1) is 26.8. The molecule has 5 aromatic carbocycles. The van der Waals surface area contributed by atoms with E-state index in [1.54, 1.807) is 6.20 Å². The molecule has 0 aliphatic carbocycles. The van der Waals surface area contributed by atoms with Gasteiger partial charge < -0.3 is 4.90 Å². The van der Waals surface area contributed by atoms with E-state index in [0.717, 1.165) is 56.0 Å². The third-order valence-electron chi connectivity index (χ3n) is 7.61. The monoisotopic (exact) mass is 568 g/mol. The molecule has 0 bridgehead atoms. The number of anilines is 3. The van der Waals surface area contributed by atoms with Gasteiger partial charge in [-0.2, -0.15) is 5.26 Å². The Morgan fingerprint density at radius 1 is 0.614 bits per heavy atom. The molecular weight excluding hydrogens is 543 g/mol. The Morgan fingerprint density at radius 3 is 2.00 bits per heavy atom. The van der Waals surface area contributed by atoms with Gasteiger partial charge in [-0.1, -0.05) is 97.1 Å². The topological polar surface area (TPSA) is 52.8 Å². The minimum absolute atomic E-state index is 0.397. The Hall–Kier alpha value is -6.12. The smallest absolute Gasteiger partial charge is 0.123 e. The highest BCUT2D eigenvalue weighted by molar-refractivity contribution is 6.05. The summed E-state index contributed by atoms with van der Waals surface area (Å²) in [6.45, 7) is 0. The summed E-state index contributed by atoms with van der Waals surface area (Å²) in [6.07, 6.45) is 1.80. The summed E-state index contributed by atoms with van der Waals surface area (Å²) in [5.41, 5.74) is 8.55. The van der Waals surface area contributed by atoms with Crippen LogP contribution in [0, 0.1) is 17.1 Å². The SMILES string of the molecule is N#Cc1ccc(F)cc1-c1ccccc1N(c1ccccc1)c1ccnc2c(-c3ccccc3)nc(-c3ccccc3)cc12. The summed E-state index contributed by atoms with van der Waals surface area (Å²) in [4.78, 5) is 12.1. The molecule has 4 nitrogen and oxygen atoms in total. The van der Waals surface area contributed by atoms with Crippen molar-refractivity contribution >= 4 is 28.0 Å². The summed E-state index contributed by atoms with van der Waals surface area (Å²) in [6, 6.07) is 48.6. The minimum atomic E-state index is -0.402. The highest BCUT2D eigenvalue weighted by Gasteiger charge is 2.22. The number of hydrogen-bond donors (Lipinski definition) is 0. The maximum atomic E-state index is 14.6. The van der Waals surface area contributed by atoms with E-state index in [-0.39, 0.29) is 0 Å². The number of benzene rings is 5. The van der Waals surface area contributed by atoms with Crippen LogP contribution in [0.15, 0.2) is 152 Å². The van der Waals surface area contributed by atoms with Crippen molar-refractivity contribution in [1.82, 2.24) is 9.97 Å². The van der Waals surface area contributed by atoms with E-state index >= 15 is 0 Å². The Morgan fingerprint density at radius 2 is 1.27 bits per heavy atom. The van der Waals surface area contributed by atoms with E-state index in [1.165, 1.54) is 18.2 Å². The van der Waals surface area contributed by atoms with Crippen LogP contribution < -0.4 is 4.90 Å². The molecule has 0 N–H and O–H groups in total. The lowest BCUT2D eigenvalue weighted by Gasteiger charge is -2.29. The van der Waals surface area contributed by atoms with Gasteiger partial charge in [0, 0.05) is 39.5 Å². The van der Waals surface area contributed by atoms with Gasteiger partial charge in [0.05, 0.1) is 39.9 Å². The molecule has 2 aromatic heterocycles. The molecule has 5 heteroatoms. The van der Waals surface area contributed by atoms with Crippen molar-refractivity contribution in [2.75, 3.05) is 4.90 Å². The van der Waals surface area contributed by atoms with E-state index < -0.39 is 5.82 Å². The Labute approximate surface area is 255 Å². The molecule has 0 radical (unpaired) electrons. The number of pyridine rings is 2. The summed E-state index contributed by atoms with van der Waals surface area (Å²) in [7, 11) is 0. The predicted molar refractivity (Wildman–Crippen MR) is 175 cm³/mol. The van der Waals surface area contributed by atoms with Gasteiger partial charge in [0.25, 0.3) is 0 Å². The van der Waals surface area contributed by atoms with E-state index in [0.29, 0.717) is 11.1 Å². The lowest BCUT2D eigenvalue weighted by atomic mass is 9.97. The number of fused-ring (bicyclic) bond motifs is 1. The van der Waals surface area contributed by atoms with Crippen molar-refractivity contribution in [3.8, 4) is 39.7 Å². The van der Waals surface area contributed by atoms with Gasteiger partial charge in [0.1, 0.15) is 5.82 Å². The molecule has 0 spiro atoms. The summed E-state index contributed by atoms with van der Waals surface area (Å²) >= 11 is 0. The van der Waals surface area contributed by atoms with E-state index in [2.05, 4.69) is 29.2 Å². The molecular formula is C39H25FN4. The third-order valence-corrected chi connectivity index (χ3v) is 7.61. The van der Waals surface area contributed by atoms with Crippen molar-refractivity contribution in [2.45, 2.75) is 0 Å². The molecule has 0 saturated heterocycles. The molecule has 208 valence electrons. The van der Waals surface area contributed by atoms with Crippen LogP contribution >= 0.6 is 0 Å². The van der Waals surface area contributed by atoms with E-state index in [4.69, 9.17) is 9.97 Å². The van der Waals surface area contributed by atoms with Crippen LogP contribution in [-0.2, 0) is 0 Å². The fourth-order valence-corrected chi connectivity index (χ4v) is 5.60. The fraction of sp³-hybridized carbons (Fsp3) is 0. The van der Waals surface area contributed by atoms with Crippen LogP contribution in [-0.4, -0.2) is 9.97 Å². The van der Waals surface area contributed by atoms with E-state index in [9.17, 15) is 9.65 Å². The van der Waals surface area contributed by atoms with Gasteiger partial charge >= 0.3 is 0 Å². The molecule has 0 saturated carbocycles. The average molecular weight is 569 g/mol. The van der Waals surface area contributed by atoms with Gasteiger partial charge in [0.15, 0.2) is 0 Å². The zero-order chi connectivity index (χ0) is 29.9. The van der Waals surface area contributed by atoms with Gasteiger partial charge in [0.2, 0.25) is 0 Å². The normalized spacial score (nSPS) is 10.8. The first-order chi connectivity index (χ1) is 21.7. The third kappa shape index (κ3) is 4.95. The molecule has 0 amide bonds. The number of rotatable bonds is 6. The van der Waals surface area contributed by atoms with Gasteiger partial charge in [-0.3, -0.25) is 4.98 Å². The lowest BCUT2D eigenvalue weighted by molar-refractivity contribution is 0.628. The molecule has 0 aliphatic heterocycles. The minimum Gasteiger partial charge on any atom is -0.309 e. The molecule has 0 fully saturated rings. The second-order valence-electron chi connectivity index (χ2n) is 10.3. The summed E-state index contributed by atoms with van der Waals surface area (Å²) in [5.74, 6) is -0.402. The van der Waals surface area contributed by atoms with Crippen molar-refractivity contribution < 1.29 is 4.39 Å². The Kier molecular flexibility index (Phi) is 7.08. The number of hydrogen-bond acceptors (Lipinski definition) is 4. The molecule has 7 rings (SSSR count). The summed E-state index contributed by atoms with van der Waals surface area (Å²) < 4.78 is 14.6. The van der Waals surface area contributed by atoms with E-state index in [1.807, 2.05) is 109 Å². The number of nitriles is 1. The Balaban J connectivity index is 1.56. The molecule has 7 aromatic rings. The first-order valence-electron chi connectivity index (χ1n) is 14.3. The standard InChI is InChI=1S/C39H25FN4/c40-30-21-20-29(26-41)33(24-30)32-18-10-11-19-36(32)44(31-16-8-3-9-17-31)37-22-23-42-39-34(37)25-35(27-12-4-1-5-13-27)43-38(39)28-14-6-2-7-15-28/h1-25H. The second-order valence-corrected chi connectivity index (χ2v) is 10.3. The number of aromatic nitrogens is 2. The zero-order valence-electron chi connectivity index (χ0n) is 23.6. The molecule has 0 unspecified atom stereocenters. The highest BCUT2D eigenvalue weighted by Crippen LogP contribution is 2.45. The Bertz CT molecular complexity index is 2140. The van der Waals surface area contributed by atoms with Crippen LogP contribution in [0.4, 0.5) is 21.5 Å². The lowest BCUT2D eigenvalue weighted by Crippen LogP contribution is -2.12. The van der Waals surface area contributed by atoms with Crippen LogP contribution in [0.25, 0.3) is 44.5 Å². The van der Waals surface area contributed by atoms with Crippen molar-refractivity contribution in [1.29, 1.82) is 5.26 Å². The first-order valence-corrected chi connectivity index (χ1v) is 14.3. The molecule has 2 heterocycles. The van der Waals surface area contributed by atoms with Crippen LogP contribution in [0.1, 0.15) is 5.56 Å². The van der Waals surface area contributed by atoms with Gasteiger partial charge in [-0.25, -0.2) is 9.37 Å². The second kappa shape index (κ2) is 11.6. The van der Waals surface area contributed by atoms with Crippen LogP contribution in [0.5, 0.6) is 0 Å². The number of para-hydroxylation sites is 2. The van der Waals surface area contributed by atoms with Crippen LogP contribution in [0.3, 0.4) is 0 Å². The van der Waals surface area contributed by atoms with Gasteiger partial charge in [-0.05, 0) is 48.5 Å². The predicted octanol–water partition coefficient (Wildman–Crippen LogP) is 10.1. The van der Waals surface area contributed by atoms with Crippen molar-refractivity contribution in [2.24, 2.45) is 0 Å². The quantitative estimate of drug-likeness (QED) is 0.200. The average Bonchev–Trinajstić information content (AvgIpc) is 3.09. The van der Waals surface area contributed by atoms with Gasteiger partial charge in [-0.15, -0.1) is 0 Å². The fourth-order valence-electron chi connectivity index (χ4n) is 5.60. The highest BCUT2D eigenvalue weighted by atomic mass is 19.1. The summed E-state index contributed by atoms with van der Waals surface area (Å²) in [5, 5.41) is 10.9. The molecule has 0 atom stereocenters. The van der Waals surface area contributed by atoms with Crippen LogP contribution in [0.2, 0.25) is 0 Å². The maximum Gasteiger partial charge on any atom is 0.123 e. The maximum absolute atomic E-state index is 14.6. The largest absolute Gasteiger partial charge is 0.309 e. The zero-order valence-corrected chi connectivity index (χ0v) is 23.6. The van der Waals surface area contributed by atoms with Crippen molar-refractivity contribution in [3.63, 3.8) is 0 Å². The molecule has 0 aliphatic rings.